The molecule has 0 saturated carbocycles. The first-order chi connectivity index (χ1) is 9.69. The molecule has 1 aromatic carbocycles. The molecular weight excluding hydrogens is 274 g/mol. The van der Waals surface area contributed by atoms with Gasteiger partial charge in [0, 0.05) is 24.2 Å². The summed E-state index contributed by atoms with van der Waals surface area (Å²) in [4.78, 5) is 12.9. The summed E-state index contributed by atoms with van der Waals surface area (Å²) >= 11 is 6.26. The third-order valence-electron chi connectivity index (χ3n) is 2.81. The first-order valence-electron chi connectivity index (χ1n) is 6.33. The standard InChI is InChI=1S/C15H16ClN3O/c1-4-5-10(9-17-2)15-18-13-7-6-11(20-3)8-12(13)14(16)19-15/h5-9H,4H2,1-3H3/b10-5+,17-9?. The fraction of sp³-hybridized carbons (Fsp3) is 0.267. The molecule has 1 aromatic heterocycles. The highest BCUT2D eigenvalue weighted by Gasteiger charge is 2.09. The van der Waals surface area contributed by atoms with Crippen LogP contribution in [0.5, 0.6) is 5.75 Å². The molecule has 1 heterocycles. The maximum Gasteiger partial charge on any atom is 0.162 e. The Balaban J connectivity index is 2.60. The fourth-order valence-corrected chi connectivity index (χ4v) is 2.12. The lowest BCUT2D eigenvalue weighted by molar-refractivity contribution is 0.415. The average Bonchev–Trinajstić information content (AvgIpc) is 2.46. The molecule has 5 heteroatoms. The molecule has 0 aliphatic carbocycles. The van der Waals surface area contributed by atoms with Crippen LogP contribution < -0.4 is 4.74 Å². The van der Waals surface area contributed by atoms with Crippen LogP contribution >= 0.6 is 11.6 Å². The highest BCUT2D eigenvalue weighted by atomic mass is 35.5. The van der Waals surface area contributed by atoms with Gasteiger partial charge >= 0.3 is 0 Å². The smallest absolute Gasteiger partial charge is 0.162 e. The van der Waals surface area contributed by atoms with Gasteiger partial charge < -0.3 is 4.74 Å². The molecule has 0 spiro atoms. The molecule has 0 unspecified atom stereocenters. The van der Waals surface area contributed by atoms with E-state index >= 15 is 0 Å². The van der Waals surface area contributed by atoms with Crippen molar-refractivity contribution in [1.29, 1.82) is 0 Å². The van der Waals surface area contributed by atoms with Crippen LogP contribution in [0.4, 0.5) is 0 Å². The lowest BCUT2D eigenvalue weighted by Gasteiger charge is -2.06. The van der Waals surface area contributed by atoms with E-state index < -0.39 is 0 Å². The zero-order chi connectivity index (χ0) is 14.5. The van der Waals surface area contributed by atoms with Crippen LogP contribution in [-0.4, -0.2) is 30.3 Å². The van der Waals surface area contributed by atoms with Gasteiger partial charge in [-0.1, -0.05) is 24.6 Å². The quantitative estimate of drug-likeness (QED) is 0.635. The van der Waals surface area contributed by atoms with Crippen molar-refractivity contribution in [2.24, 2.45) is 4.99 Å². The zero-order valence-corrected chi connectivity index (χ0v) is 12.5. The van der Waals surface area contributed by atoms with Crippen LogP contribution in [0.2, 0.25) is 5.15 Å². The summed E-state index contributed by atoms with van der Waals surface area (Å²) < 4.78 is 5.19. The van der Waals surface area contributed by atoms with E-state index in [0.29, 0.717) is 11.0 Å². The molecule has 104 valence electrons. The molecule has 0 saturated heterocycles. The molecule has 0 bridgehead atoms. The van der Waals surface area contributed by atoms with E-state index in [2.05, 4.69) is 21.9 Å². The van der Waals surface area contributed by atoms with Gasteiger partial charge in [-0.3, -0.25) is 4.99 Å². The van der Waals surface area contributed by atoms with Crippen molar-refractivity contribution in [2.75, 3.05) is 14.2 Å². The van der Waals surface area contributed by atoms with E-state index in [1.54, 1.807) is 20.4 Å². The number of allylic oxidation sites excluding steroid dienone is 2. The monoisotopic (exact) mass is 289 g/mol. The van der Waals surface area contributed by atoms with Crippen LogP contribution in [-0.2, 0) is 0 Å². The fourth-order valence-electron chi connectivity index (χ4n) is 1.89. The number of nitrogens with zero attached hydrogens (tertiary/aromatic N) is 3. The van der Waals surface area contributed by atoms with E-state index in [1.165, 1.54) is 0 Å². The molecular formula is C15H16ClN3O. The molecule has 2 aromatic rings. The number of aromatic nitrogens is 2. The van der Waals surface area contributed by atoms with Crippen LogP contribution in [0.15, 0.2) is 29.3 Å². The Labute approximate surface area is 123 Å². The summed E-state index contributed by atoms with van der Waals surface area (Å²) in [6.45, 7) is 2.05. The van der Waals surface area contributed by atoms with Crippen molar-refractivity contribution in [3.05, 3.63) is 35.3 Å². The highest BCUT2D eigenvalue weighted by Crippen LogP contribution is 2.26. The van der Waals surface area contributed by atoms with Crippen molar-refractivity contribution < 1.29 is 4.74 Å². The normalized spacial score (nSPS) is 12.3. The first-order valence-corrected chi connectivity index (χ1v) is 6.71. The Hall–Kier alpha value is -1.94. The van der Waals surface area contributed by atoms with E-state index in [0.717, 1.165) is 28.6 Å². The van der Waals surface area contributed by atoms with Crippen molar-refractivity contribution in [3.63, 3.8) is 0 Å². The lowest BCUT2D eigenvalue weighted by Crippen LogP contribution is -1.98. The first kappa shape index (κ1) is 14.5. The predicted octanol–water partition coefficient (Wildman–Crippen LogP) is 3.79. The maximum atomic E-state index is 6.26. The second kappa shape index (κ2) is 6.48. The van der Waals surface area contributed by atoms with Gasteiger partial charge in [0.25, 0.3) is 0 Å². The van der Waals surface area contributed by atoms with E-state index in [1.807, 2.05) is 24.3 Å². The van der Waals surface area contributed by atoms with Gasteiger partial charge in [-0.25, -0.2) is 9.97 Å². The van der Waals surface area contributed by atoms with Gasteiger partial charge in [-0.15, -0.1) is 0 Å². The third-order valence-corrected chi connectivity index (χ3v) is 3.09. The minimum atomic E-state index is 0.412. The number of aliphatic imine (C=N–C) groups is 1. The number of benzene rings is 1. The summed E-state index contributed by atoms with van der Waals surface area (Å²) in [5.74, 6) is 1.32. The van der Waals surface area contributed by atoms with Crippen molar-refractivity contribution in [2.45, 2.75) is 13.3 Å². The average molecular weight is 290 g/mol. The Morgan fingerprint density at radius 1 is 1.40 bits per heavy atom. The van der Waals surface area contributed by atoms with E-state index in [-0.39, 0.29) is 0 Å². The molecule has 0 fully saturated rings. The highest BCUT2D eigenvalue weighted by molar-refractivity contribution is 6.34. The molecule has 0 radical (unpaired) electrons. The van der Waals surface area contributed by atoms with Crippen LogP contribution in [0.1, 0.15) is 19.2 Å². The van der Waals surface area contributed by atoms with Gasteiger partial charge in [0.15, 0.2) is 5.82 Å². The molecule has 0 aliphatic rings. The van der Waals surface area contributed by atoms with Crippen molar-refractivity contribution in [1.82, 2.24) is 9.97 Å². The SMILES string of the molecule is CC/C=C(\C=NC)c1nc(Cl)c2cc(OC)ccc2n1. The van der Waals surface area contributed by atoms with Crippen LogP contribution in [0, 0.1) is 0 Å². The van der Waals surface area contributed by atoms with Gasteiger partial charge in [0.1, 0.15) is 10.9 Å². The largest absolute Gasteiger partial charge is 0.497 e. The van der Waals surface area contributed by atoms with Crippen LogP contribution in [0.25, 0.3) is 16.5 Å². The second-order valence-electron chi connectivity index (χ2n) is 4.18. The molecule has 0 N–H and O–H groups in total. The Bertz CT molecular complexity index is 680. The number of fused-ring (bicyclic) bond motifs is 1. The second-order valence-corrected chi connectivity index (χ2v) is 4.53. The number of halogens is 1. The van der Waals surface area contributed by atoms with Crippen molar-refractivity contribution >= 4 is 34.3 Å². The van der Waals surface area contributed by atoms with E-state index in [4.69, 9.17) is 16.3 Å². The molecule has 2 rings (SSSR count). The molecule has 0 aliphatic heterocycles. The summed E-state index contributed by atoms with van der Waals surface area (Å²) in [7, 11) is 3.33. The summed E-state index contributed by atoms with van der Waals surface area (Å²) in [5, 5.41) is 1.19. The van der Waals surface area contributed by atoms with Gasteiger partial charge in [-0.2, -0.15) is 0 Å². The number of methoxy groups -OCH3 is 1. The topological polar surface area (TPSA) is 47.4 Å². The third kappa shape index (κ3) is 2.96. The zero-order valence-electron chi connectivity index (χ0n) is 11.7. The molecule has 0 amide bonds. The van der Waals surface area contributed by atoms with Crippen molar-refractivity contribution in [3.8, 4) is 5.75 Å². The minimum absolute atomic E-state index is 0.412. The molecule has 0 atom stereocenters. The van der Waals surface area contributed by atoms with Gasteiger partial charge in [0.05, 0.1) is 12.6 Å². The van der Waals surface area contributed by atoms with E-state index in [9.17, 15) is 0 Å². The Kier molecular flexibility index (Phi) is 4.69. The summed E-state index contributed by atoms with van der Waals surface area (Å²) in [6.07, 6.45) is 4.64. The number of ether oxygens (including phenoxy) is 1. The summed E-state index contributed by atoms with van der Waals surface area (Å²) in [6, 6.07) is 5.56. The summed E-state index contributed by atoms with van der Waals surface area (Å²) in [5.41, 5.74) is 1.65. The Morgan fingerprint density at radius 3 is 2.85 bits per heavy atom. The minimum Gasteiger partial charge on any atom is -0.497 e. The molecule has 4 nitrogen and oxygen atoms in total. The maximum absolute atomic E-state index is 6.26. The predicted molar refractivity (Wildman–Crippen MR) is 83.8 cm³/mol. The number of hydrogen-bond donors (Lipinski definition) is 0. The number of hydrogen-bond acceptors (Lipinski definition) is 4. The van der Waals surface area contributed by atoms with Crippen LogP contribution in [0.3, 0.4) is 0 Å². The molecule has 20 heavy (non-hydrogen) atoms. The number of rotatable bonds is 4. The van der Waals surface area contributed by atoms with Gasteiger partial charge in [-0.05, 0) is 24.6 Å². The van der Waals surface area contributed by atoms with Gasteiger partial charge in [0.2, 0.25) is 0 Å². The lowest BCUT2D eigenvalue weighted by atomic mass is 10.2. The Morgan fingerprint density at radius 2 is 2.20 bits per heavy atom.